The molecular formula is C12H11BrN2O2. The topological polar surface area (TPSA) is 53.3 Å². The molecule has 1 unspecified atom stereocenters. The second kappa shape index (κ2) is 4.76. The Morgan fingerprint density at radius 1 is 1.59 bits per heavy atom. The standard InChI is InChI=1S/C12H11BrN2O2/c1-17-11-4-8(6-14)2-3-10(11)15-7-9(13)5-12(15)16/h2-4,9H,5,7H2,1H3. The molecule has 1 saturated heterocycles. The van der Waals surface area contributed by atoms with Crippen LogP contribution in [0.4, 0.5) is 5.69 Å². The third kappa shape index (κ3) is 2.27. The van der Waals surface area contributed by atoms with Gasteiger partial charge in [0.25, 0.3) is 0 Å². The summed E-state index contributed by atoms with van der Waals surface area (Å²) in [4.78, 5) is 13.6. The highest BCUT2D eigenvalue weighted by molar-refractivity contribution is 9.09. The predicted molar refractivity (Wildman–Crippen MR) is 67.4 cm³/mol. The summed E-state index contributed by atoms with van der Waals surface area (Å²) in [6, 6.07) is 7.13. The molecule has 1 aromatic carbocycles. The number of rotatable bonds is 2. The molecule has 1 fully saturated rings. The smallest absolute Gasteiger partial charge is 0.228 e. The van der Waals surface area contributed by atoms with Crippen molar-refractivity contribution in [3.8, 4) is 11.8 Å². The van der Waals surface area contributed by atoms with Crippen molar-refractivity contribution < 1.29 is 9.53 Å². The second-order valence-electron chi connectivity index (χ2n) is 3.80. The van der Waals surface area contributed by atoms with Gasteiger partial charge in [0.1, 0.15) is 5.75 Å². The first kappa shape index (κ1) is 11.9. The molecule has 1 aliphatic heterocycles. The highest BCUT2D eigenvalue weighted by Gasteiger charge is 2.30. The number of methoxy groups -OCH3 is 1. The third-order valence-electron chi connectivity index (χ3n) is 2.68. The quantitative estimate of drug-likeness (QED) is 0.785. The van der Waals surface area contributed by atoms with Crippen molar-refractivity contribution in [2.45, 2.75) is 11.2 Å². The number of anilines is 1. The maximum atomic E-state index is 11.8. The van der Waals surface area contributed by atoms with Gasteiger partial charge in [-0.3, -0.25) is 4.79 Å². The Morgan fingerprint density at radius 2 is 2.35 bits per heavy atom. The van der Waals surface area contributed by atoms with Crippen molar-refractivity contribution in [1.82, 2.24) is 0 Å². The molecule has 0 spiro atoms. The molecule has 1 aromatic rings. The number of carbonyl (C=O) groups is 1. The van der Waals surface area contributed by atoms with Crippen LogP contribution in [0, 0.1) is 11.3 Å². The number of alkyl halides is 1. The van der Waals surface area contributed by atoms with Gasteiger partial charge in [-0.05, 0) is 12.1 Å². The molecule has 0 radical (unpaired) electrons. The summed E-state index contributed by atoms with van der Waals surface area (Å²) >= 11 is 3.44. The average molecular weight is 295 g/mol. The summed E-state index contributed by atoms with van der Waals surface area (Å²) < 4.78 is 5.22. The van der Waals surface area contributed by atoms with E-state index in [9.17, 15) is 4.79 Å². The molecule has 17 heavy (non-hydrogen) atoms. The highest BCUT2D eigenvalue weighted by atomic mass is 79.9. The van der Waals surface area contributed by atoms with E-state index < -0.39 is 0 Å². The van der Waals surface area contributed by atoms with Crippen LogP contribution in [0.1, 0.15) is 12.0 Å². The second-order valence-corrected chi connectivity index (χ2v) is 5.10. The van der Waals surface area contributed by atoms with Gasteiger partial charge < -0.3 is 9.64 Å². The zero-order chi connectivity index (χ0) is 12.4. The van der Waals surface area contributed by atoms with Crippen molar-refractivity contribution in [2.24, 2.45) is 0 Å². The van der Waals surface area contributed by atoms with Gasteiger partial charge in [0, 0.05) is 23.9 Å². The zero-order valence-electron chi connectivity index (χ0n) is 9.31. The molecule has 1 atom stereocenters. The van der Waals surface area contributed by atoms with E-state index in [2.05, 4.69) is 15.9 Å². The lowest BCUT2D eigenvalue weighted by Gasteiger charge is -2.19. The SMILES string of the molecule is COc1cc(C#N)ccc1N1CC(Br)CC1=O. The molecule has 88 valence electrons. The first-order valence-electron chi connectivity index (χ1n) is 5.18. The molecule has 4 nitrogen and oxygen atoms in total. The number of nitrogens with zero attached hydrogens (tertiary/aromatic N) is 2. The van der Waals surface area contributed by atoms with E-state index in [1.807, 2.05) is 6.07 Å². The lowest BCUT2D eigenvalue weighted by atomic mass is 10.2. The first-order chi connectivity index (χ1) is 8.15. The Balaban J connectivity index is 2.39. The molecule has 5 heteroatoms. The fourth-order valence-corrected chi connectivity index (χ4v) is 2.43. The number of halogens is 1. The monoisotopic (exact) mass is 294 g/mol. The summed E-state index contributed by atoms with van der Waals surface area (Å²) in [5.41, 5.74) is 1.24. The molecule has 1 amide bonds. The normalized spacial score (nSPS) is 19.2. The van der Waals surface area contributed by atoms with E-state index in [4.69, 9.17) is 10.00 Å². The van der Waals surface area contributed by atoms with Gasteiger partial charge in [0.15, 0.2) is 0 Å². The van der Waals surface area contributed by atoms with E-state index in [0.717, 1.165) is 5.69 Å². The van der Waals surface area contributed by atoms with Gasteiger partial charge in [-0.15, -0.1) is 0 Å². The van der Waals surface area contributed by atoms with Crippen LogP contribution in [0.2, 0.25) is 0 Å². The van der Waals surface area contributed by atoms with Gasteiger partial charge in [0.05, 0.1) is 24.4 Å². The van der Waals surface area contributed by atoms with Crippen LogP contribution in [0.3, 0.4) is 0 Å². The Bertz CT molecular complexity index is 496. The molecule has 0 bridgehead atoms. The fourth-order valence-electron chi connectivity index (χ4n) is 1.87. The van der Waals surface area contributed by atoms with Crippen molar-refractivity contribution in [3.05, 3.63) is 23.8 Å². The number of amides is 1. The highest BCUT2D eigenvalue weighted by Crippen LogP contribution is 2.33. The average Bonchev–Trinajstić information content (AvgIpc) is 2.67. The maximum absolute atomic E-state index is 11.8. The third-order valence-corrected chi connectivity index (χ3v) is 3.29. The van der Waals surface area contributed by atoms with Gasteiger partial charge in [-0.1, -0.05) is 15.9 Å². The van der Waals surface area contributed by atoms with Crippen LogP contribution in [0.25, 0.3) is 0 Å². The number of ether oxygens (including phenoxy) is 1. The van der Waals surface area contributed by atoms with Crippen molar-refractivity contribution >= 4 is 27.5 Å². The molecule has 2 rings (SSSR count). The number of hydrogen-bond donors (Lipinski definition) is 0. The van der Waals surface area contributed by atoms with Gasteiger partial charge in [0.2, 0.25) is 5.91 Å². The van der Waals surface area contributed by atoms with Crippen LogP contribution in [0.5, 0.6) is 5.75 Å². The summed E-state index contributed by atoms with van der Waals surface area (Å²) in [5, 5.41) is 8.81. The van der Waals surface area contributed by atoms with Crippen LogP contribution < -0.4 is 9.64 Å². The largest absolute Gasteiger partial charge is 0.495 e. The Labute approximate surface area is 108 Å². The molecule has 0 N–H and O–H groups in total. The number of benzene rings is 1. The number of carbonyl (C=O) groups excluding carboxylic acids is 1. The molecular weight excluding hydrogens is 284 g/mol. The first-order valence-corrected chi connectivity index (χ1v) is 6.10. The van der Waals surface area contributed by atoms with Gasteiger partial charge in [-0.2, -0.15) is 5.26 Å². The predicted octanol–water partition coefficient (Wildman–Crippen LogP) is 2.07. The van der Waals surface area contributed by atoms with Crippen LogP contribution in [-0.2, 0) is 4.79 Å². The van der Waals surface area contributed by atoms with Gasteiger partial charge >= 0.3 is 0 Å². The number of nitriles is 1. The minimum Gasteiger partial charge on any atom is -0.495 e. The Hall–Kier alpha value is -1.54. The van der Waals surface area contributed by atoms with Crippen LogP contribution >= 0.6 is 15.9 Å². The number of hydrogen-bond acceptors (Lipinski definition) is 3. The molecule has 0 aromatic heterocycles. The fraction of sp³-hybridized carbons (Fsp3) is 0.333. The lowest BCUT2D eigenvalue weighted by Crippen LogP contribution is -2.25. The summed E-state index contributed by atoms with van der Waals surface area (Å²) in [6.45, 7) is 0.626. The van der Waals surface area contributed by atoms with Crippen LogP contribution in [0.15, 0.2) is 18.2 Å². The molecule has 1 heterocycles. The van der Waals surface area contributed by atoms with E-state index in [1.54, 1.807) is 23.1 Å². The lowest BCUT2D eigenvalue weighted by molar-refractivity contribution is -0.117. The van der Waals surface area contributed by atoms with E-state index in [-0.39, 0.29) is 10.7 Å². The summed E-state index contributed by atoms with van der Waals surface area (Å²) in [6.07, 6.45) is 0.489. The minimum atomic E-state index is 0.0647. The van der Waals surface area contributed by atoms with Crippen molar-refractivity contribution in [2.75, 3.05) is 18.6 Å². The minimum absolute atomic E-state index is 0.0647. The molecule has 0 saturated carbocycles. The summed E-state index contributed by atoms with van der Waals surface area (Å²) in [5.74, 6) is 0.619. The van der Waals surface area contributed by atoms with E-state index in [0.29, 0.717) is 24.3 Å². The Kier molecular flexibility index (Phi) is 3.34. The molecule has 0 aliphatic carbocycles. The van der Waals surface area contributed by atoms with E-state index in [1.165, 1.54) is 7.11 Å². The van der Waals surface area contributed by atoms with Crippen molar-refractivity contribution in [1.29, 1.82) is 5.26 Å². The van der Waals surface area contributed by atoms with Crippen LogP contribution in [-0.4, -0.2) is 24.4 Å². The Morgan fingerprint density at radius 3 is 2.88 bits per heavy atom. The zero-order valence-corrected chi connectivity index (χ0v) is 10.9. The maximum Gasteiger partial charge on any atom is 0.228 e. The van der Waals surface area contributed by atoms with E-state index >= 15 is 0 Å². The summed E-state index contributed by atoms with van der Waals surface area (Å²) in [7, 11) is 1.53. The van der Waals surface area contributed by atoms with Gasteiger partial charge in [-0.25, -0.2) is 0 Å². The molecule has 1 aliphatic rings. The van der Waals surface area contributed by atoms with Crippen molar-refractivity contribution in [3.63, 3.8) is 0 Å².